The Morgan fingerprint density at radius 2 is 0.912 bits per heavy atom. The molecule has 1 spiro atoms. The molecule has 5 nitrogen and oxygen atoms in total. The molecule has 2 aliphatic rings. The minimum absolute atomic E-state index is 0.625. The first-order chi connectivity index (χ1) is 28.3. The van der Waals surface area contributed by atoms with Crippen molar-refractivity contribution in [2.75, 3.05) is 0 Å². The highest BCUT2D eigenvalue weighted by molar-refractivity contribution is 6.19. The van der Waals surface area contributed by atoms with Gasteiger partial charge in [-0.1, -0.05) is 158 Å². The summed E-state index contributed by atoms with van der Waals surface area (Å²) in [6, 6.07) is 68.2. The topological polar surface area (TPSA) is 52.8 Å². The van der Waals surface area contributed by atoms with E-state index in [1.807, 2.05) is 36.4 Å². The fourth-order valence-corrected chi connectivity index (χ4v) is 9.46. The molecule has 0 bridgehead atoms. The lowest BCUT2D eigenvalue weighted by atomic mass is 9.66. The molecular formula is C52H32N4O. The van der Waals surface area contributed by atoms with Crippen molar-refractivity contribution in [3.63, 3.8) is 0 Å². The van der Waals surface area contributed by atoms with Crippen LogP contribution in [-0.2, 0) is 5.41 Å². The van der Waals surface area contributed by atoms with Gasteiger partial charge in [0.25, 0.3) is 0 Å². The molecule has 10 aromatic rings. The average molecular weight is 729 g/mol. The van der Waals surface area contributed by atoms with Crippen LogP contribution in [0.25, 0.3) is 72.8 Å². The van der Waals surface area contributed by atoms with Crippen molar-refractivity contribution in [1.82, 2.24) is 19.5 Å². The van der Waals surface area contributed by atoms with Crippen LogP contribution in [0.1, 0.15) is 22.3 Å². The van der Waals surface area contributed by atoms with Gasteiger partial charge in [-0.25, -0.2) is 15.0 Å². The van der Waals surface area contributed by atoms with Crippen LogP contribution in [0.5, 0.6) is 11.5 Å². The minimum Gasteiger partial charge on any atom is -0.457 e. The summed E-state index contributed by atoms with van der Waals surface area (Å²) in [6.45, 7) is 0. The maximum Gasteiger partial charge on any atom is 0.164 e. The second-order valence-corrected chi connectivity index (χ2v) is 14.7. The highest BCUT2D eigenvalue weighted by atomic mass is 16.5. The van der Waals surface area contributed by atoms with Crippen molar-refractivity contribution in [2.45, 2.75) is 5.41 Å². The predicted octanol–water partition coefficient (Wildman–Crippen LogP) is 12.4. The number of para-hydroxylation sites is 4. The average Bonchev–Trinajstić information content (AvgIpc) is 3.78. The number of benzene rings is 8. The Morgan fingerprint density at radius 3 is 1.58 bits per heavy atom. The summed E-state index contributed by atoms with van der Waals surface area (Å²) >= 11 is 0. The maximum atomic E-state index is 6.72. The number of hydrogen-bond donors (Lipinski definition) is 0. The van der Waals surface area contributed by atoms with Crippen LogP contribution >= 0.6 is 0 Å². The van der Waals surface area contributed by atoms with Crippen molar-refractivity contribution < 1.29 is 4.74 Å². The molecule has 266 valence electrons. The van der Waals surface area contributed by atoms with Gasteiger partial charge in [-0.3, -0.25) is 0 Å². The zero-order valence-electron chi connectivity index (χ0n) is 30.7. The molecule has 1 aliphatic heterocycles. The highest BCUT2D eigenvalue weighted by Crippen LogP contribution is 2.65. The number of fused-ring (bicyclic) bond motifs is 13. The number of rotatable bonds is 4. The smallest absolute Gasteiger partial charge is 0.164 e. The second kappa shape index (κ2) is 12.2. The molecule has 0 atom stereocenters. The van der Waals surface area contributed by atoms with Crippen LogP contribution in [0.3, 0.4) is 0 Å². The first kappa shape index (κ1) is 31.7. The zero-order chi connectivity index (χ0) is 37.5. The SMILES string of the molecule is c1ccc(-c2nc(-c3ccccc3)nc(-c3cccc4c3-c3c(ccc5c3c3ccccc3n5-c3ccccc3)C43c4ccccc4Oc4ccccc43)n2)cc1. The van der Waals surface area contributed by atoms with Crippen LogP contribution in [0, 0.1) is 0 Å². The van der Waals surface area contributed by atoms with E-state index in [0.29, 0.717) is 17.5 Å². The maximum absolute atomic E-state index is 6.72. The van der Waals surface area contributed by atoms with Gasteiger partial charge in [0.15, 0.2) is 17.5 Å². The third-order valence-electron chi connectivity index (χ3n) is 11.7. The summed E-state index contributed by atoms with van der Waals surface area (Å²) in [4.78, 5) is 15.7. The van der Waals surface area contributed by atoms with Gasteiger partial charge in [0.2, 0.25) is 0 Å². The summed E-state index contributed by atoms with van der Waals surface area (Å²) < 4.78 is 9.12. The molecule has 2 aromatic heterocycles. The zero-order valence-corrected chi connectivity index (χ0v) is 30.7. The molecule has 0 N–H and O–H groups in total. The largest absolute Gasteiger partial charge is 0.457 e. The van der Waals surface area contributed by atoms with Crippen LogP contribution in [0.2, 0.25) is 0 Å². The van der Waals surface area contributed by atoms with Crippen LogP contribution < -0.4 is 4.74 Å². The van der Waals surface area contributed by atoms with E-state index in [4.69, 9.17) is 19.7 Å². The van der Waals surface area contributed by atoms with Crippen LogP contribution in [-0.4, -0.2) is 19.5 Å². The van der Waals surface area contributed by atoms with Gasteiger partial charge in [0, 0.05) is 44.3 Å². The Labute approximate surface area is 329 Å². The van der Waals surface area contributed by atoms with Gasteiger partial charge in [-0.2, -0.15) is 0 Å². The molecule has 3 heterocycles. The monoisotopic (exact) mass is 728 g/mol. The third-order valence-corrected chi connectivity index (χ3v) is 11.7. The Morgan fingerprint density at radius 1 is 0.386 bits per heavy atom. The van der Waals surface area contributed by atoms with Gasteiger partial charge < -0.3 is 9.30 Å². The quantitative estimate of drug-likeness (QED) is 0.181. The molecule has 0 saturated carbocycles. The lowest BCUT2D eigenvalue weighted by Crippen LogP contribution is -2.32. The number of nitrogens with zero attached hydrogens (tertiary/aromatic N) is 4. The Bertz CT molecular complexity index is 3110. The van der Waals surface area contributed by atoms with E-state index in [2.05, 4.69) is 162 Å². The molecule has 0 radical (unpaired) electrons. The van der Waals surface area contributed by atoms with Crippen LogP contribution in [0.15, 0.2) is 194 Å². The van der Waals surface area contributed by atoms with E-state index < -0.39 is 5.41 Å². The first-order valence-electron chi connectivity index (χ1n) is 19.3. The normalized spacial score (nSPS) is 13.2. The number of hydrogen-bond acceptors (Lipinski definition) is 4. The van der Waals surface area contributed by atoms with Crippen molar-refractivity contribution in [3.05, 3.63) is 216 Å². The molecule has 5 heteroatoms. The number of aromatic nitrogens is 4. The van der Waals surface area contributed by atoms with Gasteiger partial charge >= 0.3 is 0 Å². The Hall–Kier alpha value is -7.63. The summed E-state index contributed by atoms with van der Waals surface area (Å²) in [5, 5.41) is 2.38. The fraction of sp³-hybridized carbons (Fsp3) is 0.0192. The molecule has 8 aromatic carbocycles. The molecule has 0 amide bonds. The number of ether oxygens (including phenoxy) is 1. The standard InChI is InChI=1S/C52H32N4O/c1-4-17-33(18-5-1)49-53-50(34-19-6-2-7-20-34)55-51(54-49)37-24-16-27-40-46(37)48-41(52(40)38-25-11-14-29-44(38)57-45-30-15-12-26-39(45)52)31-32-43-47(48)36-23-10-13-28-42(36)56(43)35-21-8-3-9-22-35/h1-32H. The Balaban J connectivity index is 1.26. The summed E-state index contributed by atoms with van der Waals surface area (Å²) in [5.41, 5.74) is 12.4. The summed E-state index contributed by atoms with van der Waals surface area (Å²) in [6.07, 6.45) is 0. The van der Waals surface area contributed by atoms with Crippen molar-refractivity contribution >= 4 is 21.8 Å². The van der Waals surface area contributed by atoms with E-state index in [1.54, 1.807) is 0 Å². The fourth-order valence-electron chi connectivity index (χ4n) is 9.46. The van der Waals surface area contributed by atoms with Crippen molar-refractivity contribution in [1.29, 1.82) is 0 Å². The van der Waals surface area contributed by atoms with Gasteiger partial charge in [-0.15, -0.1) is 0 Å². The second-order valence-electron chi connectivity index (χ2n) is 14.7. The highest BCUT2D eigenvalue weighted by Gasteiger charge is 2.52. The molecule has 12 rings (SSSR count). The molecular weight excluding hydrogens is 697 g/mol. The molecule has 0 saturated heterocycles. The van der Waals surface area contributed by atoms with Gasteiger partial charge in [-0.05, 0) is 58.7 Å². The Kier molecular flexibility index (Phi) is 6.78. The third kappa shape index (κ3) is 4.48. The van der Waals surface area contributed by atoms with Crippen LogP contribution in [0.4, 0.5) is 0 Å². The van der Waals surface area contributed by atoms with E-state index in [1.165, 1.54) is 27.5 Å². The first-order valence-corrected chi connectivity index (χ1v) is 19.3. The predicted molar refractivity (Wildman–Crippen MR) is 228 cm³/mol. The molecule has 57 heavy (non-hydrogen) atoms. The molecule has 1 aliphatic carbocycles. The van der Waals surface area contributed by atoms with Crippen molar-refractivity contribution in [2.24, 2.45) is 0 Å². The van der Waals surface area contributed by atoms with E-state index in [0.717, 1.165) is 61.6 Å². The van der Waals surface area contributed by atoms with Gasteiger partial charge in [0.1, 0.15) is 11.5 Å². The van der Waals surface area contributed by atoms with Crippen molar-refractivity contribution in [3.8, 4) is 62.5 Å². The van der Waals surface area contributed by atoms with Gasteiger partial charge in [0.05, 0.1) is 16.4 Å². The molecule has 0 fully saturated rings. The van der Waals surface area contributed by atoms with E-state index >= 15 is 0 Å². The summed E-state index contributed by atoms with van der Waals surface area (Å²) in [7, 11) is 0. The van der Waals surface area contributed by atoms with E-state index in [9.17, 15) is 0 Å². The summed E-state index contributed by atoms with van der Waals surface area (Å²) in [5.74, 6) is 3.59. The van der Waals surface area contributed by atoms with E-state index in [-0.39, 0.29) is 0 Å². The lowest BCUT2D eigenvalue weighted by Gasteiger charge is -2.39. The minimum atomic E-state index is -0.687. The lowest BCUT2D eigenvalue weighted by molar-refractivity contribution is 0.436. The molecule has 0 unspecified atom stereocenters.